The van der Waals surface area contributed by atoms with Crippen LogP contribution in [0.3, 0.4) is 0 Å². The van der Waals surface area contributed by atoms with E-state index in [0.29, 0.717) is 18.2 Å². The van der Waals surface area contributed by atoms with Gasteiger partial charge in [0, 0.05) is 12.2 Å². The first-order valence-corrected chi connectivity index (χ1v) is 8.95. The maximum atomic E-state index is 12.7. The van der Waals surface area contributed by atoms with Gasteiger partial charge in [-0.3, -0.25) is 9.48 Å². The molecule has 1 amide bonds. The van der Waals surface area contributed by atoms with E-state index in [2.05, 4.69) is 17.3 Å². The summed E-state index contributed by atoms with van der Waals surface area (Å²) < 4.78 is 6.87. The molecular formula is C18H29N3O3. The summed E-state index contributed by atoms with van der Waals surface area (Å²) in [4.78, 5) is 25.1. The highest BCUT2D eigenvalue weighted by molar-refractivity contribution is 5.95. The fourth-order valence-corrected chi connectivity index (χ4v) is 3.34. The third-order valence-electron chi connectivity index (χ3n) is 4.75. The molecule has 0 aromatic carbocycles. The van der Waals surface area contributed by atoms with Gasteiger partial charge in [0.25, 0.3) is 5.91 Å². The van der Waals surface area contributed by atoms with Crippen molar-refractivity contribution in [2.75, 3.05) is 6.61 Å². The van der Waals surface area contributed by atoms with Crippen LogP contribution in [0.5, 0.6) is 0 Å². The zero-order valence-electron chi connectivity index (χ0n) is 15.1. The lowest BCUT2D eigenvalue weighted by Crippen LogP contribution is -2.48. The Morgan fingerprint density at radius 1 is 1.33 bits per heavy atom. The number of carbonyl (C=O) groups excluding carboxylic acids is 2. The van der Waals surface area contributed by atoms with E-state index in [0.717, 1.165) is 25.7 Å². The molecule has 6 nitrogen and oxygen atoms in total. The van der Waals surface area contributed by atoms with Crippen LogP contribution in [0.4, 0.5) is 0 Å². The molecule has 0 saturated heterocycles. The number of amides is 1. The van der Waals surface area contributed by atoms with Crippen LogP contribution in [0.25, 0.3) is 0 Å². The van der Waals surface area contributed by atoms with E-state index in [-0.39, 0.29) is 23.8 Å². The number of esters is 1. The van der Waals surface area contributed by atoms with Gasteiger partial charge in [-0.15, -0.1) is 0 Å². The van der Waals surface area contributed by atoms with Crippen molar-refractivity contribution in [3.8, 4) is 0 Å². The Hall–Kier alpha value is -1.85. The topological polar surface area (TPSA) is 73.2 Å². The van der Waals surface area contributed by atoms with Gasteiger partial charge in [-0.25, -0.2) is 4.79 Å². The Balaban J connectivity index is 2.13. The van der Waals surface area contributed by atoms with Crippen molar-refractivity contribution in [2.45, 2.75) is 65.5 Å². The molecule has 6 heteroatoms. The minimum Gasteiger partial charge on any atom is -0.464 e. The van der Waals surface area contributed by atoms with E-state index in [9.17, 15) is 9.59 Å². The zero-order chi connectivity index (χ0) is 17.7. The second-order valence-electron chi connectivity index (χ2n) is 6.98. The molecule has 0 radical (unpaired) electrons. The monoisotopic (exact) mass is 335 g/mol. The molecule has 1 saturated carbocycles. The fourth-order valence-electron chi connectivity index (χ4n) is 3.34. The van der Waals surface area contributed by atoms with Crippen LogP contribution in [0, 0.1) is 11.8 Å². The van der Waals surface area contributed by atoms with Crippen LogP contribution < -0.4 is 5.32 Å². The van der Waals surface area contributed by atoms with E-state index < -0.39 is 6.04 Å². The number of nitrogens with zero attached hydrogens (tertiary/aromatic N) is 2. The highest BCUT2D eigenvalue weighted by atomic mass is 16.5. The maximum absolute atomic E-state index is 12.7. The molecule has 0 bridgehead atoms. The van der Waals surface area contributed by atoms with Gasteiger partial charge in [0.2, 0.25) is 0 Å². The third-order valence-corrected chi connectivity index (χ3v) is 4.75. The number of nitrogens with one attached hydrogen (secondary N) is 1. The molecule has 1 N–H and O–H groups in total. The fraction of sp³-hybridized carbons (Fsp3) is 0.722. The molecule has 24 heavy (non-hydrogen) atoms. The van der Waals surface area contributed by atoms with Crippen LogP contribution in [0.2, 0.25) is 0 Å². The summed E-state index contributed by atoms with van der Waals surface area (Å²) in [7, 11) is 0. The average molecular weight is 335 g/mol. The third kappa shape index (κ3) is 4.36. The van der Waals surface area contributed by atoms with Crippen molar-refractivity contribution in [1.29, 1.82) is 0 Å². The van der Waals surface area contributed by atoms with Crippen molar-refractivity contribution in [3.05, 3.63) is 18.0 Å². The molecule has 1 fully saturated rings. The summed E-state index contributed by atoms with van der Waals surface area (Å²) >= 11 is 0. The molecule has 134 valence electrons. The highest BCUT2D eigenvalue weighted by Gasteiger charge is 2.34. The lowest BCUT2D eigenvalue weighted by Gasteiger charge is -2.31. The van der Waals surface area contributed by atoms with Crippen molar-refractivity contribution in [2.24, 2.45) is 11.8 Å². The molecule has 0 unspecified atom stereocenters. The van der Waals surface area contributed by atoms with Crippen molar-refractivity contribution in [1.82, 2.24) is 15.1 Å². The van der Waals surface area contributed by atoms with Crippen LogP contribution in [0.15, 0.2) is 12.3 Å². The molecular weight excluding hydrogens is 306 g/mol. The van der Waals surface area contributed by atoms with Gasteiger partial charge in [-0.1, -0.05) is 19.8 Å². The SMILES string of the molecule is CCOC(=O)[C@@H](NC(=O)c1ccnn1C(C)C)C1CCC(C)CC1. The molecule has 1 heterocycles. The highest BCUT2D eigenvalue weighted by Crippen LogP contribution is 2.31. The lowest BCUT2D eigenvalue weighted by atomic mass is 9.79. The second-order valence-corrected chi connectivity index (χ2v) is 6.98. The van der Waals surface area contributed by atoms with Crippen LogP contribution in [-0.4, -0.2) is 34.3 Å². The van der Waals surface area contributed by atoms with Crippen molar-refractivity contribution >= 4 is 11.9 Å². The molecule has 1 aliphatic carbocycles. The molecule has 0 aliphatic heterocycles. The Morgan fingerprint density at radius 3 is 2.58 bits per heavy atom. The van der Waals surface area contributed by atoms with Gasteiger partial charge in [-0.2, -0.15) is 5.10 Å². The van der Waals surface area contributed by atoms with E-state index in [1.807, 2.05) is 13.8 Å². The number of carbonyl (C=O) groups is 2. The standard InChI is InChI=1S/C18H29N3O3/c1-5-24-18(23)16(14-8-6-13(4)7-9-14)20-17(22)15-10-11-19-21(15)12(2)3/h10-14,16H,5-9H2,1-4H3,(H,20,22)/t13?,14?,16-/m0/s1. The minimum atomic E-state index is -0.583. The van der Waals surface area contributed by atoms with Gasteiger partial charge >= 0.3 is 5.97 Å². The lowest BCUT2D eigenvalue weighted by molar-refractivity contribution is -0.147. The molecule has 1 aromatic rings. The van der Waals surface area contributed by atoms with Crippen LogP contribution in [0.1, 0.15) is 69.9 Å². The molecule has 1 aromatic heterocycles. The van der Waals surface area contributed by atoms with E-state index in [1.54, 1.807) is 23.9 Å². The van der Waals surface area contributed by atoms with E-state index in [1.165, 1.54) is 0 Å². The van der Waals surface area contributed by atoms with E-state index >= 15 is 0 Å². The summed E-state index contributed by atoms with van der Waals surface area (Å²) in [6.45, 7) is 8.27. The van der Waals surface area contributed by atoms with Gasteiger partial charge < -0.3 is 10.1 Å². The Kier molecular flexibility index (Phi) is 6.40. The predicted molar refractivity (Wildman–Crippen MR) is 91.6 cm³/mol. The summed E-state index contributed by atoms with van der Waals surface area (Å²) in [6.07, 6.45) is 5.65. The summed E-state index contributed by atoms with van der Waals surface area (Å²) in [5.41, 5.74) is 0.475. The average Bonchev–Trinajstić information content (AvgIpc) is 3.03. The Bertz CT molecular complexity index is 560. The number of aromatic nitrogens is 2. The number of ether oxygens (including phenoxy) is 1. The zero-order valence-corrected chi connectivity index (χ0v) is 15.1. The second kappa shape index (κ2) is 8.31. The van der Waals surface area contributed by atoms with Crippen LogP contribution in [-0.2, 0) is 9.53 Å². The summed E-state index contributed by atoms with van der Waals surface area (Å²) in [5.74, 6) is 0.223. The summed E-state index contributed by atoms with van der Waals surface area (Å²) in [6, 6.07) is 1.18. The number of hydrogen-bond donors (Lipinski definition) is 1. The predicted octanol–water partition coefficient (Wildman–Crippen LogP) is 2.95. The van der Waals surface area contributed by atoms with E-state index in [4.69, 9.17) is 4.74 Å². The number of hydrogen-bond acceptors (Lipinski definition) is 4. The molecule has 2 rings (SSSR count). The number of rotatable bonds is 6. The van der Waals surface area contributed by atoms with Crippen molar-refractivity contribution in [3.63, 3.8) is 0 Å². The Morgan fingerprint density at radius 2 is 2.00 bits per heavy atom. The summed E-state index contributed by atoms with van der Waals surface area (Å²) in [5, 5.41) is 7.10. The first kappa shape index (κ1) is 18.5. The first-order valence-electron chi connectivity index (χ1n) is 8.95. The molecule has 1 aliphatic rings. The van der Waals surface area contributed by atoms with Gasteiger partial charge in [0.05, 0.1) is 6.61 Å². The van der Waals surface area contributed by atoms with Gasteiger partial charge in [-0.05, 0) is 51.5 Å². The Labute approximate surface area is 143 Å². The van der Waals surface area contributed by atoms with Crippen molar-refractivity contribution < 1.29 is 14.3 Å². The molecule has 0 spiro atoms. The quantitative estimate of drug-likeness (QED) is 0.811. The van der Waals surface area contributed by atoms with Gasteiger partial charge in [0.1, 0.15) is 11.7 Å². The first-order chi connectivity index (χ1) is 11.4. The molecule has 1 atom stereocenters. The van der Waals surface area contributed by atoms with Crippen LogP contribution >= 0.6 is 0 Å². The maximum Gasteiger partial charge on any atom is 0.328 e. The van der Waals surface area contributed by atoms with Gasteiger partial charge in [0.15, 0.2) is 0 Å². The normalized spacial score (nSPS) is 22.2. The largest absolute Gasteiger partial charge is 0.464 e. The minimum absolute atomic E-state index is 0.0809. The smallest absolute Gasteiger partial charge is 0.328 e.